The highest BCUT2D eigenvalue weighted by Crippen LogP contribution is 2.53. The third-order valence-electron chi connectivity index (χ3n) is 12.0. The summed E-state index contributed by atoms with van der Waals surface area (Å²) in [6.45, 7) is 4.71. The summed E-state index contributed by atoms with van der Waals surface area (Å²) in [6.07, 6.45) is 0. The van der Waals surface area contributed by atoms with Gasteiger partial charge in [-0.05, 0) is 109 Å². The van der Waals surface area contributed by atoms with Crippen LogP contribution in [0, 0.1) is 0 Å². The molecule has 1 aromatic heterocycles. The summed E-state index contributed by atoms with van der Waals surface area (Å²) in [5.41, 5.74) is 16.9. The van der Waals surface area contributed by atoms with Gasteiger partial charge < -0.3 is 9.32 Å². The molecule has 0 amide bonds. The molecule has 57 heavy (non-hydrogen) atoms. The SMILES string of the molecule is CC1(C)c2ccccc2-c2ccc(N(c3ccc(-c4ccccc4)cc3-c3ccccc3)c3cc(-c4ccc5ccccc5c4)cc4c3oc3ccccc34)cc21. The van der Waals surface area contributed by atoms with Gasteiger partial charge in [0.1, 0.15) is 5.58 Å². The lowest BCUT2D eigenvalue weighted by atomic mass is 9.82. The molecule has 1 heterocycles. The molecular formula is C55H39NO. The Kier molecular flexibility index (Phi) is 7.55. The van der Waals surface area contributed by atoms with E-state index in [1.807, 2.05) is 0 Å². The molecule has 270 valence electrons. The third kappa shape index (κ3) is 5.40. The minimum absolute atomic E-state index is 0.172. The number of hydrogen-bond acceptors (Lipinski definition) is 2. The van der Waals surface area contributed by atoms with Gasteiger partial charge in [0.25, 0.3) is 0 Å². The molecule has 0 spiro atoms. The zero-order valence-corrected chi connectivity index (χ0v) is 31.9. The van der Waals surface area contributed by atoms with E-state index >= 15 is 0 Å². The van der Waals surface area contributed by atoms with Gasteiger partial charge in [0.2, 0.25) is 0 Å². The van der Waals surface area contributed by atoms with Crippen LogP contribution in [0.3, 0.4) is 0 Å². The van der Waals surface area contributed by atoms with Gasteiger partial charge in [0.05, 0.1) is 11.4 Å². The van der Waals surface area contributed by atoms with Crippen molar-refractivity contribution < 1.29 is 4.42 Å². The molecule has 2 heteroatoms. The average molecular weight is 730 g/mol. The Hall–Kier alpha value is -7.16. The molecule has 0 bridgehead atoms. The average Bonchev–Trinajstić information content (AvgIpc) is 3.76. The molecule has 11 rings (SSSR count). The predicted octanol–water partition coefficient (Wildman–Crippen LogP) is 15.5. The van der Waals surface area contributed by atoms with E-state index in [4.69, 9.17) is 4.42 Å². The number of para-hydroxylation sites is 1. The normalized spacial score (nSPS) is 12.9. The first-order valence-electron chi connectivity index (χ1n) is 19.8. The first kappa shape index (κ1) is 33.2. The van der Waals surface area contributed by atoms with E-state index in [-0.39, 0.29) is 5.41 Å². The second-order valence-electron chi connectivity index (χ2n) is 15.7. The molecule has 10 aromatic rings. The van der Waals surface area contributed by atoms with Crippen LogP contribution in [0.1, 0.15) is 25.0 Å². The molecule has 0 atom stereocenters. The maximum absolute atomic E-state index is 6.95. The first-order chi connectivity index (χ1) is 28.0. The van der Waals surface area contributed by atoms with E-state index in [1.165, 1.54) is 44.2 Å². The number of fused-ring (bicyclic) bond motifs is 7. The lowest BCUT2D eigenvalue weighted by Crippen LogP contribution is -2.17. The molecule has 0 saturated heterocycles. The minimum Gasteiger partial charge on any atom is -0.454 e. The lowest BCUT2D eigenvalue weighted by molar-refractivity contribution is 0.660. The van der Waals surface area contributed by atoms with Crippen molar-refractivity contribution in [1.29, 1.82) is 0 Å². The topological polar surface area (TPSA) is 16.4 Å². The number of furan rings is 1. The maximum Gasteiger partial charge on any atom is 0.159 e. The summed E-state index contributed by atoms with van der Waals surface area (Å²) < 4.78 is 6.95. The van der Waals surface area contributed by atoms with Gasteiger partial charge >= 0.3 is 0 Å². The monoisotopic (exact) mass is 729 g/mol. The van der Waals surface area contributed by atoms with Crippen LogP contribution in [-0.4, -0.2) is 0 Å². The van der Waals surface area contributed by atoms with Crippen LogP contribution in [-0.2, 0) is 5.41 Å². The van der Waals surface area contributed by atoms with E-state index in [1.54, 1.807) is 0 Å². The van der Waals surface area contributed by atoms with E-state index in [0.717, 1.165) is 61.3 Å². The molecule has 9 aromatic carbocycles. The molecule has 0 saturated carbocycles. The smallest absolute Gasteiger partial charge is 0.159 e. The summed E-state index contributed by atoms with van der Waals surface area (Å²) in [6, 6.07) is 72.7. The Balaban J connectivity index is 1.23. The molecule has 1 aliphatic rings. The predicted molar refractivity (Wildman–Crippen MR) is 240 cm³/mol. The largest absolute Gasteiger partial charge is 0.454 e. The Labute approximate surface area is 332 Å². The molecule has 0 fully saturated rings. The fraction of sp³-hybridized carbons (Fsp3) is 0.0545. The summed E-state index contributed by atoms with van der Waals surface area (Å²) >= 11 is 0. The first-order valence-corrected chi connectivity index (χ1v) is 19.8. The zero-order chi connectivity index (χ0) is 38.1. The Morgan fingerprint density at radius 1 is 0.386 bits per heavy atom. The van der Waals surface area contributed by atoms with Crippen molar-refractivity contribution in [3.63, 3.8) is 0 Å². The molecule has 0 aliphatic heterocycles. The quantitative estimate of drug-likeness (QED) is 0.169. The Bertz CT molecular complexity index is 3150. The zero-order valence-electron chi connectivity index (χ0n) is 31.9. The number of hydrogen-bond donors (Lipinski definition) is 0. The summed E-state index contributed by atoms with van der Waals surface area (Å²) in [5.74, 6) is 0. The fourth-order valence-electron chi connectivity index (χ4n) is 9.14. The van der Waals surface area contributed by atoms with Crippen molar-refractivity contribution in [1.82, 2.24) is 0 Å². The van der Waals surface area contributed by atoms with Gasteiger partial charge in [-0.15, -0.1) is 0 Å². The van der Waals surface area contributed by atoms with E-state index < -0.39 is 0 Å². The molecule has 0 unspecified atom stereocenters. The molecule has 0 radical (unpaired) electrons. The second kappa shape index (κ2) is 13.0. The highest BCUT2D eigenvalue weighted by atomic mass is 16.3. The molecule has 1 aliphatic carbocycles. The Morgan fingerprint density at radius 2 is 1.05 bits per heavy atom. The van der Waals surface area contributed by atoms with Gasteiger partial charge in [0, 0.05) is 27.4 Å². The van der Waals surface area contributed by atoms with Crippen LogP contribution in [0.2, 0.25) is 0 Å². The van der Waals surface area contributed by atoms with Gasteiger partial charge in [-0.1, -0.05) is 166 Å². The van der Waals surface area contributed by atoms with E-state index in [2.05, 4.69) is 219 Å². The van der Waals surface area contributed by atoms with Crippen molar-refractivity contribution in [3.05, 3.63) is 211 Å². The van der Waals surface area contributed by atoms with Crippen molar-refractivity contribution in [2.24, 2.45) is 0 Å². The summed E-state index contributed by atoms with van der Waals surface area (Å²) in [4.78, 5) is 2.45. The summed E-state index contributed by atoms with van der Waals surface area (Å²) in [5, 5.41) is 4.64. The number of anilines is 3. The minimum atomic E-state index is -0.172. The van der Waals surface area contributed by atoms with Crippen LogP contribution in [0.15, 0.2) is 205 Å². The van der Waals surface area contributed by atoms with Gasteiger partial charge in [-0.25, -0.2) is 0 Å². The van der Waals surface area contributed by atoms with Crippen LogP contribution in [0.4, 0.5) is 17.1 Å². The van der Waals surface area contributed by atoms with Crippen molar-refractivity contribution in [2.45, 2.75) is 19.3 Å². The maximum atomic E-state index is 6.95. The van der Waals surface area contributed by atoms with E-state index in [0.29, 0.717) is 0 Å². The standard InChI is InChI=1S/C55H39NO/c1-55(2)49-23-13-11-21-44(49)45-29-28-43(35-50(45)55)56(51-30-27-41(36-15-5-3-6-16-36)32-47(51)38-18-7-4-8-19-38)52-34-42(40-26-25-37-17-9-10-20-39(37)31-40)33-48-46-22-12-14-24-53(46)57-54(48)52/h3-35H,1-2H3. The number of nitrogens with zero attached hydrogens (tertiary/aromatic N) is 1. The van der Waals surface area contributed by atoms with Crippen LogP contribution < -0.4 is 4.90 Å². The Morgan fingerprint density at radius 3 is 1.89 bits per heavy atom. The van der Waals surface area contributed by atoms with Crippen molar-refractivity contribution in [2.75, 3.05) is 4.90 Å². The fourth-order valence-corrected chi connectivity index (χ4v) is 9.14. The molecule has 2 nitrogen and oxygen atoms in total. The highest BCUT2D eigenvalue weighted by molar-refractivity contribution is 6.13. The van der Waals surface area contributed by atoms with Crippen molar-refractivity contribution >= 4 is 49.8 Å². The molecular weight excluding hydrogens is 691 g/mol. The highest BCUT2D eigenvalue weighted by Gasteiger charge is 2.36. The molecule has 0 N–H and O–H groups in total. The van der Waals surface area contributed by atoms with Crippen LogP contribution >= 0.6 is 0 Å². The van der Waals surface area contributed by atoms with E-state index in [9.17, 15) is 0 Å². The number of benzene rings is 9. The third-order valence-corrected chi connectivity index (χ3v) is 12.0. The second-order valence-corrected chi connectivity index (χ2v) is 15.7. The van der Waals surface area contributed by atoms with Gasteiger partial charge in [0.15, 0.2) is 5.58 Å². The van der Waals surface area contributed by atoms with Gasteiger partial charge in [-0.2, -0.15) is 0 Å². The summed E-state index contributed by atoms with van der Waals surface area (Å²) in [7, 11) is 0. The number of rotatable bonds is 6. The van der Waals surface area contributed by atoms with Gasteiger partial charge in [-0.3, -0.25) is 0 Å². The lowest BCUT2D eigenvalue weighted by Gasteiger charge is -2.30. The van der Waals surface area contributed by atoms with Crippen LogP contribution in [0.25, 0.3) is 77.2 Å². The van der Waals surface area contributed by atoms with Crippen LogP contribution in [0.5, 0.6) is 0 Å². The van der Waals surface area contributed by atoms with Crippen molar-refractivity contribution in [3.8, 4) is 44.5 Å².